The van der Waals surface area contributed by atoms with E-state index in [9.17, 15) is 4.79 Å². The predicted octanol–water partition coefficient (Wildman–Crippen LogP) is 1.83. The van der Waals surface area contributed by atoms with Crippen molar-refractivity contribution in [3.8, 4) is 0 Å². The third-order valence-electron chi connectivity index (χ3n) is 3.15. The first-order chi connectivity index (χ1) is 9.12. The van der Waals surface area contributed by atoms with Gasteiger partial charge in [-0.05, 0) is 24.5 Å². The summed E-state index contributed by atoms with van der Waals surface area (Å²) in [5.74, 6) is 0.194. The number of carbonyl (C=O) groups is 1. The molecule has 1 rings (SSSR count). The zero-order valence-electron chi connectivity index (χ0n) is 11.4. The Balaban J connectivity index is 2.66. The van der Waals surface area contributed by atoms with Gasteiger partial charge in [0.2, 0.25) is 5.91 Å². The van der Waals surface area contributed by atoms with Crippen LogP contribution in [0.3, 0.4) is 0 Å². The monoisotopic (exact) mass is 263 g/mol. The molecule has 0 bridgehead atoms. The first-order valence-corrected chi connectivity index (χ1v) is 6.46. The van der Waals surface area contributed by atoms with Crippen LogP contribution in [0.15, 0.2) is 29.4 Å². The van der Waals surface area contributed by atoms with Crippen LogP contribution in [0.2, 0.25) is 0 Å². The number of benzene rings is 1. The Morgan fingerprint density at radius 3 is 2.68 bits per heavy atom. The highest BCUT2D eigenvalue weighted by Crippen LogP contribution is 2.09. The number of nitrogens with two attached hydrogens (primary N) is 1. The molecule has 0 radical (unpaired) electrons. The van der Waals surface area contributed by atoms with Gasteiger partial charge < -0.3 is 16.3 Å². The highest BCUT2D eigenvalue weighted by Gasteiger charge is 2.13. The number of amides is 1. The molecule has 0 aliphatic heterocycles. The van der Waals surface area contributed by atoms with Gasteiger partial charge in [0.15, 0.2) is 5.84 Å². The van der Waals surface area contributed by atoms with E-state index in [2.05, 4.69) is 10.5 Å². The van der Waals surface area contributed by atoms with Crippen LogP contribution in [0.5, 0.6) is 0 Å². The van der Waals surface area contributed by atoms with E-state index in [4.69, 9.17) is 10.9 Å². The summed E-state index contributed by atoms with van der Waals surface area (Å²) in [6.07, 6.45) is 1.68. The van der Waals surface area contributed by atoms with Gasteiger partial charge >= 0.3 is 0 Å². The number of carbonyl (C=O) groups excluding carboxylic acids is 1. The van der Waals surface area contributed by atoms with Crippen molar-refractivity contribution in [2.45, 2.75) is 33.2 Å². The molecule has 19 heavy (non-hydrogen) atoms. The molecule has 0 heterocycles. The maximum absolute atomic E-state index is 11.9. The molecular weight excluding hydrogens is 242 g/mol. The molecular formula is C14H21N3O2. The Morgan fingerprint density at radius 1 is 1.42 bits per heavy atom. The zero-order chi connectivity index (χ0) is 14.3. The highest BCUT2D eigenvalue weighted by molar-refractivity contribution is 5.97. The minimum Gasteiger partial charge on any atom is -0.409 e. The first-order valence-electron chi connectivity index (χ1n) is 6.46. The van der Waals surface area contributed by atoms with Gasteiger partial charge in [-0.15, -0.1) is 0 Å². The van der Waals surface area contributed by atoms with Gasteiger partial charge in [-0.3, -0.25) is 4.79 Å². The lowest BCUT2D eigenvalue weighted by atomic mass is 10.0. The smallest absolute Gasteiger partial charge is 0.223 e. The molecule has 4 N–H and O–H groups in total. The maximum Gasteiger partial charge on any atom is 0.223 e. The van der Waals surface area contributed by atoms with Crippen LogP contribution < -0.4 is 11.1 Å². The molecule has 1 amide bonds. The van der Waals surface area contributed by atoms with E-state index in [0.717, 1.165) is 18.4 Å². The van der Waals surface area contributed by atoms with Gasteiger partial charge in [-0.1, -0.05) is 37.2 Å². The lowest BCUT2D eigenvalue weighted by molar-refractivity contribution is -0.125. The summed E-state index contributed by atoms with van der Waals surface area (Å²) in [6.45, 7) is 4.46. The Kier molecular flexibility index (Phi) is 5.85. The summed E-state index contributed by atoms with van der Waals surface area (Å²) < 4.78 is 0. The standard InChI is InChI=1S/C14H21N3O2/c1-3-11(4-2)14(18)16-9-10-6-5-7-12(8-10)13(15)17-19/h5-8,11,19H,3-4,9H2,1-2H3,(H2,15,17)(H,16,18). The Bertz CT molecular complexity index is 454. The second kappa shape index (κ2) is 7.41. The van der Waals surface area contributed by atoms with E-state index < -0.39 is 0 Å². The molecule has 0 atom stereocenters. The molecule has 1 aromatic carbocycles. The molecule has 0 saturated heterocycles. The average molecular weight is 263 g/mol. The van der Waals surface area contributed by atoms with Crippen LogP contribution in [0.25, 0.3) is 0 Å². The number of amidine groups is 1. The van der Waals surface area contributed by atoms with Crippen molar-refractivity contribution in [1.29, 1.82) is 0 Å². The van der Waals surface area contributed by atoms with Crippen LogP contribution >= 0.6 is 0 Å². The SMILES string of the molecule is CCC(CC)C(=O)NCc1cccc(C(N)=NO)c1. The highest BCUT2D eigenvalue weighted by atomic mass is 16.4. The van der Waals surface area contributed by atoms with Crippen LogP contribution in [0, 0.1) is 5.92 Å². The van der Waals surface area contributed by atoms with Crippen molar-refractivity contribution < 1.29 is 10.0 Å². The third-order valence-corrected chi connectivity index (χ3v) is 3.15. The molecule has 0 spiro atoms. The second-order valence-corrected chi connectivity index (χ2v) is 4.42. The summed E-state index contributed by atoms with van der Waals surface area (Å²) in [5.41, 5.74) is 7.08. The lowest BCUT2D eigenvalue weighted by Gasteiger charge is -2.13. The molecule has 0 saturated carbocycles. The Hall–Kier alpha value is -2.04. The van der Waals surface area contributed by atoms with E-state index in [1.54, 1.807) is 12.1 Å². The molecule has 1 aromatic rings. The van der Waals surface area contributed by atoms with Crippen molar-refractivity contribution >= 4 is 11.7 Å². The van der Waals surface area contributed by atoms with Crippen LogP contribution in [0.4, 0.5) is 0 Å². The lowest BCUT2D eigenvalue weighted by Crippen LogP contribution is -2.29. The molecule has 0 unspecified atom stereocenters. The summed E-state index contributed by atoms with van der Waals surface area (Å²) in [4.78, 5) is 11.9. The summed E-state index contributed by atoms with van der Waals surface area (Å²) in [6, 6.07) is 7.25. The molecule has 0 aromatic heterocycles. The van der Waals surface area contributed by atoms with E-state index in [1.165, 1.54) is 0 Å². The number of oxime groups is 1. The summed E-state index contributed by atoms with van der Waals surface area (Å²) >= 11 is 0. The third kappa shape index (κ3) is 4.28. The largest absolute Gasteiger partial charge is 0.409 e. The van der Waals surface area contributed by atoms with E-state index in [-0.39, 0.29) is 17.7 Å². The van der Waals surface area contributed by atoms with Gasteiger partial charge in [-0.25, -0.2) is 0 Å². The normalized spacial score (nSPS) is 11.6. The van der Waals surface area contributed by atoms with Gasteiger partial charge in [0.1, 0.15) is 0 Å². The zero-order valence-corrected chi connectivity index (χ0v) is 11.4. The van der Waals surface area contributed by atoms with Crippen LogP contribution in [0.1, 0.15) is 37.8 Å². The van der Waals surface area contributed by atoms with Crippen LogP contribution in [-0.2, 0) is 11.3 Å². The van der Waals surface area contributed by atoms with Crippen molar-refractivity contribution in [3.63, 3.8) is 0 Å². The minimum atomic E-state index is 0.0623. The van der Waals surface area contributed by atoms with Gasteiger partial charge in [0.25, 0.3) is 0 Å². The molecule has 104 valence electrons. The van der Waals surface area contributed by atoms with Crippen molar-refractivity contribution in [3.05, 3.63) is 35.4 Å². The van der Waals surface area contributed by atoms with Gasteiger partial charge in [0, 0.05) is 18.0 Å². The number of rotatable bonds is 6. The average Bonchev–Trinajstić information content (AvgIpc) is 2.45. The predicted molar refractivity (Wildman–Crippen MR) is 74.9 cm³/mol. The van der Waals surface area contributed by atoms with Gasteiger partial charge in [-0.2, -0.15) is 0 Å². The summed E-state index contributed by atoms with van der Waals surface area (Å²) in [5, 5.41) is 14.5. The molecule has 5 nitrogen and oxygen atoms in total. The number of nitrogens with zero attached hydrogens (tertiary/aromatic N) is 1. The van der Waals surface area contributed by atoms with Crippen molar-refractivity contribution in [1.82, 2.24) is 5.32 Å². The van der Waals surface area contributed by atoms with Crippen molar-refractivity contribution in [2.24, 2.45) is 16.8 Å². The number of nitrogens with one attached hydrogen (secondary N) is 1. The number of hydrogen-bond donors (Lipinski definition) is 3. The fraction of sp³-hybridized carbons (Fsp3) is 0.429. The topological polar surface area (TPSA) is 87.7 Å². The first kappa shape index (κ1) is 15.0. The molecule has 0 aliphatic carbocycles. The second-order valence-electron chi connectivity index (χ2n) is 4.42. The molecule has 0 aliphatic rings. The van der Waals surface area contributed by atoms with Crippen LogP contribution in [-0.4, -0.2) is 17.0 Å². The Morgan fingerprint density at radius 2 is 2.11 bits per heavy atom. The number of hydrogen-bond acceptors (Lipinski definition) is 3. The fourth-order valence-electron chi connectivity index (χ4n) is 1.89. The minimum absolute atomic E-state index is 0.0623. The Labute approximate surface area is 113 Å². The molecule has 0 fully saturated rings. The van der Waals surface area contributed by atoms with E-state index in [1.807, 2.05) is 26.0 Å². The maximum atomic E-state index is 11.9. The van der Waals surface area contributed by atoms with E-state index >= 15 is 0 Å². The quantitative estimate of drug-likeness (QED) is 0.317. The summed E-state index contributed by atoms with van der Waals surface area (Å²) in [7, 11) is 0. The fourth-order valence-corrected chi connectivity index (χ4v) is 1.89. The van der Waals surface area contributed by atoms with Crippen molar-refractivity contribution in [2.75, 3.05) is 0 Å². The van der Waals surface area contributed by atoms with E-state index in [0.29, 0.717) is 12.1 Å². The van der Waals surface area contributed by atoms with Gasteiger partial charge in [0.05, 0.1) is 0 Å². The molecule has 5 heteroatoms.